The molecule has 0 saturated carbocycles. The summed E-state index contributed by atoms with van der Waals surface area (Å²) < 4.78 is 5.33. The molecular weight excluding hydrogens is 266 g/mol. The van der Waals surface area contributed by atoms with Crippen LogP contribution in [0.3, 0.4) is 0 Å². The number of aryl methyl sites for hydroxylation is 2. The van der Waals surface area contributed by atoms with Crippen molar-refractivity contribution in [2.45, 2.75) is 33.2 Å². The smallest absolute Gasteiger partial charge is 0.255 e. The van der Waals surface area contributed by atoms with E-state index in [9.17, 15) is 4.79 Å². The van der Waals surface area contributed by atoms with Crippen LogP contribution >= 0.6 is 0 Å². The average molecular weight is 287 g/mol. The first-order valence-electron chi connectivity index (χ1n) is 6.97. The summed E-state index contributed by atoms with van der Waals surface area (Å²) in [4.78, 5) is 12.3. The van der Waals surface area contributed by atoms with Gasteiger partial charge in [0.15, 0.2) is 0 Å². The monoisotopic (exact) mass is 287 g/mol. The maximum atomic E-state index is 12.3. The lowest BCUT2D eigenvalue weighted by atomic mass is 10.1. The number of benzene rings is 1. The predicted octanol–water partition coefficient (Wildman–Crippen LogP) is 2.40. The molecule has 1 amide bonds. The molecule has 0 saturated heterocycles. The normalized spacial score (nSPS) is 12.0. The lowest BCUT2D eigenvalue weighted by molar-refractivity contribution is 0.0939. The van der Waals surface area contributed by atoms with Gasteiger partial charge in [-0.3, -0.25) is 9.89 Å². The molecule has 0 aliphatic heterocycles. The number of amides is 1. The number of nitrogens with zero attached hydrogens (tertiary/aromatic N) is 1. The van der Waals surface area contributed by atoms with Crippen LogP contribution in [0, 0.1) is 13.8 Å². The molecule has 0 bridgehead atoms. The van der Waals surface area contributed by atoms with Crippen molar-refractivity contribution in [2.24, 2.45) is 0 Å². The van der Waals surface area contributed by atoms with Crippen molar-refractivity contribution in [2.75, 3.05) is 7.11 Å². The molecule has 0 fully saturated rings. The molecule has 1 unspecified atom stereocenters. The molecule has 5 heteroatoms. The van der Waals surface area contributed by atoms with E-state index in [0.29, 0.717) is 12.0 Å². The van der Waals surface area contributed by atoms with E-state index in [-0.39, 0.29) is 11.9 Å². The SMILES string of the molecule is COc1ccccc1CC(C)NC(=O)c1c(C)n[nH]c1C. The number of H-pyrrole nitrogens is 1. The van der Waals surface area contributed by atoms with Crippen molar-refractivity contribution in [3.63, 3.8) is 0 Å². The van der Waals surface area contributed by atoms with Crippen LogP contribution in [0.2, 0.25) is 0 Å². The van der Waals surface area contributed by atoms with Gasteiger partial charge in [0.1, 0.15) is 5.75 Å². The fourth-order valence-electron chi connectivity index (χ4n) is 2.43. The molecule has 0 radical (unpaired) electrons. The number of rotatable bonds is 5. The van der Waals surface area contributed by atoms with Gasteiger partial charge < -0.3 is 10.1 Å². The summed E-state index contributed by atoms with van der Waals surface area (Å²) in [5, 5.41) is 9.89. The van der Waals surface area contributed by atoms with Crippen molar-refractivity contribution in [1.82, 2.24) is 15.5 Å². The summed E-state index contributed by atoms with van der Waals surface area (Å²) in [5.41, 5.74) is 3.21. The van der Waals surface area contributed by atoms with Crippen molar-refractivity contribution < 1.29 is 9.53 Å². The molecule has 1 aromatic heterocycles. The van der Waals surface area contributed by atoms with E-state index in [2.05, 4.69) is 15.5 Å². The van der Waals surface area contributed by atoms with Crippen LogP contribution in [-0.2, 0) is 6.42 Å². The van der Waals surface area contributed by atoms with Crippen molar-refractivity contribution in [1.29, 1.82) is 0 Å². The maximum Gasteiger partial charge on any atom is 0.255 e. The second-order valence-corrected chi connectivity index (χ2v) is 5.20. The fourth-order valence-corrected chi connectivity index (χ4v) is 2.43. The first kappa shape index (κ1) is 15.1. The summed E-state index contributed by atoms with van der Waals surface area (Å²) in [6.45, 7) is 5.65. The Hall–Kier alpha value is -2.30. The fraction of sp³-hybridized carbons (Fsp3) is 0.375. The van der Waals surface area contributed by atoms with E-state index in [4.69, 9.17) is 4.74 Å². The first-order chi connectivity index (χ1) is 10.0. The summed E-state index contributed by atoms with van der Waals surface area (Å²) in [7, 11) is 1.65. The van der Waals surface area contributed by atoms with Gasteiger partial charge in [-0.25, -0.2) is 0 Å². The minimum absolute atomic E-state index is 0.00231. The topological polar surface area (TPSA) is 67.0 Å². The van der Waals surface area contributed by atoms with Crippen LogP contribution < -0.4 is 10.1 Å². The Labute approximate surface area is 124 Å². The summed E-state index contributed by atoms with van der Waals surface area (Å²) in [6.07, 6.45) is 0.714. The number of aromatic amines is 1. The van der Waals surface area contributed by atoms with Gasteiger partial charge in [0.25, 0.3) is 5.91 Å². The lowest BCUT2D eigenvalue weighted by Gasteiger charge is -2.16. The van der Waals surface area contributed by atoms with E-state index in [1.807, 2.05) is 45.0 Å². The van der Waals surface area contributed by atoms with Crippen LogP contribution in [0.4, 0.5) is 0 Å². The van der Waals surface area contributed by atoms with E-state index in [1.165, 1.54) is 0 Å². The third kappa shape index (κ3) is 3.42. The van der Waals surface area contributed by atoms with Gasteiger partial charge in [0, 0.05) is 11.7 Å². The molecule has 2 rings (SSSR count). The highest BCUT2D eigenvalue weighted by Gasteiger charge is 2.17. The Bertz CT molecular complexity index is 615. The number of aromatic nitrogens is 2. The lowest BCUT2D eigenvalue weighted by Crippen LogP contribution is -2.34. The highest BCUT2D eigenvalue weighted by Crippen LogP contribution is 2.19. The van der Waals surface area contributed by atoms with Gasteiger partial charge in [-0.15, -0.1) is 0 Å². The van der Waals surface area contributed by atoms with Gasteiger partial charge >= 0.3 is 0 Å². The van der Waals surface area contributed by atoms with Crippen LogP contribution in [0.5, 0.6) is 5.75 Å². The quantitative estimate of drug-likeness (QED) is 0.887. The summed E-state index contributed by atoms with van der Waals surface area (Å²) >= 11 is 0. The molecule has 0 aliphatic rings. The molecule has 1 heterocycles. The molecule has 0 aliphatic carbocycles. The summed E-state index contributed by atoms with van der Waals surface area (Å²) in [5.74, 6) is 0.746. The highest BCUT2D eigenvalue weighted by molar-refractivity contribution is 5.96. The van der Waals surface area contributed by atoms with E-state index in [0.717, 1.165) is 22.7 Å². The van der Waals surface area contributed by atoms with Crippen LogP contribution in [0.1, 0.15) is 34.2 Å². The molecule has 112 valence electrons. The van der Waals surface area contributed by atoms with E-state index < -0.39 is 0 Å². The zero-order valence-corrected chi connectivity index (χ0v) is 12.9. The number of carbonyl (C=O) groups excluding carboxylic acids is 1. The largest absolute Gasteiger partial charge is 0.496 e. The molecule has 5 nitrogen and oxygen atoms in total. The molecule has 2 N–H and O–H groups in total. The van der Waals surface area contributed by atoms with Gasteiger partial charge in [0.05, 0.1) is 18.4 Å². The second kappa shape index (κ2) is 6.43. The van der Waals surface area contributed by atoms with Crippen molar-refractivity contribution in [3.8, 4) is 5.75 Å². The number of ether oxygens (including phenoxy) is 1. The van der Waals surface area contributed by atoms with Crippen molar-refractivity contribution >= 4 is 5.91 Å². The number of carbonyl (C=O) groups is 1. The van der Waals surface area contributed by atoms with Gasteiger partial charge in [-0.05, 0) is 38.8 Å². The number of hydrogen-bond donors (Lipinski definition) is 2. The minimum Gasteiger partial charge on any atom is -0.496 e. The third-order valence-corrected chi connectivity index (χ3v) is 3.45. The molecule has 2 aromatic rings. The van der Waals surface area contributed by atoms with E-state index in [1.54, 1.807) is 7.11 Å². The number of para-hydroxylation sites is 1. The Morgan fingerprint density at radius 3 is 2.71 bits per heavy atom. The third-order valence-electron chi connectivity index (χ3n) is 3.45. The molecule has 1 atom stereocenters. The molecule has 21 heavy (non-hydrogen) atoms. The Kier molecular flexibility index (Phi) is 4.62. The predicted molar refractivity (Wildman–Crippen MR) is 81.7 cm³/mol. The van der Waals surface area contributed by atoms with Gasteiger partial charge in [-0.1, -0.05) is 18.2 Å². The molecular formula is C16H21N3O2. The zero-order valence-electron chi connectivity index (χ0n) is 12.9. The Morgan fingerprint density at radius 1 is 1.38 bits per heavy atom. The van der Waals surface area contributed by atoms with Gasteiger partial charge in [0.2, 0.25) is 0 Å². The standard InChI is InChI=1S/C16H21N3O2/c1-10(9-13-7-5-6-8-14(13)21-4)17-16(20)15-11(2)18-19-12(15)3/h5-8,10H,9H2,1-4H3,(H,17,20)(H,18,19). The summed E-state index contributed by atoms with van der Waals surface area (Å²) in [6, 6.07) is 7.84. The number of hydrogen-bond acceptors (Lipinski definition) is 3. The average Bonchev–Trinajstić information content (AvgIpc) is 2.78. The maximum absolute atomic E-state index is 12.3. The second-order valence-electron chi connectivity index (χ2n) is 5.20. The Morgan fingerprint density at radius 2 is 2.10 bits per heavy atom. The van der Waals surface area contributed by atoms with Crippen LogP contribution in [0.15, 0.2) is 24.3 Å². The molecule has 1 aromatic carbocycles. The number of methoxy groups -OCH3 is 1. The van der Waals surface area contributed by atoms with Gasteiger partial charge in [-0.2, -0.15) is 5.10 Å². The van der Waals surface area contributed by atoms with Crippen LogP contribution in [-0.4, -0.2) is 29.3 Å². The van der Waals surface area contributed by atoms with Crippen LogP contribution in [0.25, 0.3) is 0 Å². The first-order valence-corrected chi connectivity index (χ1v) is 6.97. The Balaban J connectivity index is 2.05. The number of nitrogens with one attached hydrogen (secondary N) is 2. The molecule has 0 spiro atoms. The zero-order chi connectivity index (χ0) is 15.4. The highest BCUT2D eigenvalue weighted by atomic mass is 16.5. The van der Waals surface area contributed by atoms with E-state index >= 15 is 0 Å². The minimum atomic E-state index is -0.0962. The van der Waals surface area contributed by atoms with Crippen molar-refractivity contribution in [3.05, 3.63) is 46.8 Å².